The Morgan fingerprint density at radius 1 is 1.18 bits per heavy atom. The normalized spacial score (nSPS) is 25.3. The van der Waals surface area contributed by atoms with Crippen LogP contribution in [0.25, 0.3) is 6.08 Å². The van der Waals surface area contributed by atoms with Crippen molar-refractivity contribution in [1.82, 2.24) is 0 Å². The fourth-order valence-corrected chi connectivity index (χ4v) is 3.70. The summed E-state index contributed by atoms with van der Waals surface area (Å²) in [6.07, 6.45) is 0.0267. The number of ether oxygens (including phenoxy) is 3. The number of aliphatic hydroxyl groups is 2. The molecule has 33 heavy (non-hydrogen) atoms. The molecule has 9 nitrogen and oxygen atoms in total. The number of rotatable bonds is 11. The average Bonchev–Trinajstić information content (AvgIpc) is 2.78. The van der Waals surface area contributed by atoms with Crippen LogP contribution in [-0.2, 0) is 19.1 Å². The lowest BCUT2D eigenvalue weighted by atomic mass is 9.79. The van der Waals surface area contributed by atoms with E-state index in [4.69, 9.17) is 14.2 Å². The molecule has 4 N–H and O–H groups in total. The molecule has 184 valence electrons. The maximum absolute atomic E-state index is 12.4. The minimum atomic E-state index is -2.19. The number of carbonyl (C=O) groups is 2. The summed E-state index contributed by atoms with van der Waals surface area (Å²) in [7, 11) is 0. The van der Waals surface area contributed by atoms with Crippen LogP contribution >= 0.6 is 0 Å². The van der Waals surface area contributed by atoms with E-state index in [0.29, 0.717) is 30.8 Å². The smallest absolute Gasteiger partial charge is 0.335 e. The fourth-order valence-electron chi connectivity index (χ4n) is 3.70. The molecule has 0 aliphatic heterocycles. The zero-order valence-electron chi connectivity index (χ0n) is 19.3. The molecule has 1 saturated carbocycles. The molecule has 1 aromatic rings. The van der Waals surface area contributed by atoms with Crippen molar-refractivity contribution >= 4 is 18.0 Å². The Hall–Kier alpha value is -2.62. The van der Waals surface area contributed by atoms with E-state index >= 15 is 0 Å². The lowest BCUT2D eigenvalue weighted by Crippen LogP contribution is -2.58. The number of esters is 1. The highest BCUT2D eigenvalue weighted by molar-refractivity contribution is 5.87. The predicted octanol–water partition coefficient (Wildman–Crippen LogP) is 2.65. The van der Waals surface area contributed by atoms with E-state index in [1.54, 1.807) is 12.1 Å². The lowest BCUT2D eigenvalue weighted by molar-refractivity contribution is -0.209. The number of hydrogen-bond acceptors (Lipinski definition) is 8. The van der Waals surface area contributed by atoms with Gasteiger partial charge < -0.3 is 34.6 Å². The maximum atomic E-state index is 12.4. The highest BCUT2D eigenvalue weighted by Gasteiger charge is 2.51. The molecule has 0 amide bonds. The first-order chi connectivity index (χ1) is 15.6. The molecule has 9 heteroatoms. The quantitative estimate of drug-likeness (QED) is 0.286. The van der Waals surface area contributed by atoms with E-state index in [2.05, 4.69) is 0 Å². The Kier molecular flexibility index (Phi) is 9.70. The number of aromatic hydroxyl groups is 1. The van der Waals surface area contributed by atoms with Crippen LogP contribution in [0.4, 0.5) is 0 Å². The molecule has 1 aliphatic carbocycles. The third kappa shape index (κ3) is 7.18. The first kappa shape index (κ1) is 26.6. The summed E-state index contributed by atoms with van der Waals surface area (Å²) in [5, 5.41) is 40.7. The third-order valence-corrected chi connectivity index (χ3v) is 5.64. The molecular weight excluding hydrogens is 432 g/mol. The van der Waals surface area contributed by atoms with Crippen LogP contribution in [0.15, 0.2) is 24.3 Å². The molecule has 1 aliphatic rings. The Bertz CT molecular complexity index is 833. The summed E-state index contributed by atoms with van der Waals surface area (Å²) in [6, 6.07) is 4.65. The summed E-state index contributed by atoms with van der Waals surface area (Å²) >= 11 is 0. The van der Waals surface area contributed by atoms with Crippen LogP contribution in [0.1, 0.15) is 58.4 Å². The second-order valence-electron chi connectivity index (χ2n) is 8.23. The van der Waals surface area contributed by atoms with Gasteiger partial charge in [-0.15, -0.1) is 0 Å². The van der Waals surface area contributed by atoms with E-state index < -0.39 is 42.3 Å². The molecule has 3 unspecified atom stereocenters. The summed E-state index contributed by atoms with van der Waals surface area (Å²) in [4.78, 5) is 24.0. The second kappa shape index (κ2) is 12.0. The monoisotopic (exact) mass is 466 g/mol. The largest absolute Gasteiger partial charge is 0.504 e. The number of hydrogen-bond donors (Lipinski definition) is 4. The van der Waals surface area contributed by atoms with E-state index in [0.717, 1.165) is 12.5 Å². The SMILES string of the molecule is CCCOc1ccc(/C=C/C(=O)OC2CC(O)(C(=O)O)C[C@@H](OC(CC)CC)C2O)cc1O. The Morgan fingerprint density at radius 3 is 2.42 bits per heavy atom. The molecule has 0 spiro atoms. The molecule has 0 bridgehead atoms. The van der Waals surface area contributed by atoms with Crippen LogP contribution in [0, 0.1) is 0 Å². The standard InChI is InChI=1S/C24H34O9/c1-4-11-31-18-9-7-15(12-17(18)25)8-10-21(26)33-20-14-24(30,23(28)29)13-19(22(20)27)32-16(5-2)6-3/h7-10,12,16,19-20,22,25,27,30H,4-6,11,13-14H2,1-3H3,(H,28,29)/b10-8+/t19-,20?,22?,24?/m1/s1. The average molecular weight is 467 g/mol. The first-order valence-corrected chi connectivity index (χ1v) is 11.3. The van der Waals surface area contributed by atoms with Gasteiger partial charge in [-0.2, -0.15) is 0 Å². The Labute approximate surface area is 193 Å². The molecule has 2 rings (SSSR count). The number of aliphatic carboxylic acids is 1. The van der Waals surface area contributed by atoms with Crippen molar-refractivity contribution in [2.45, 2.75) is 82.9 Å². The molecule has 0 aromatic heterocycles. The van der Waals surface area contributed by atoms with Gasteiger partial charge in [0.05, 0.1) is 18.8 Å². The third-order valence-electron chi connectivity index (χ3n) is 5.64. The van der Waals surface area contributed by atoms with Crippen LogP contribution in [0.3, 0.4) is 0 Å². The van der Waals surface area contributed by atoms with Gasteiger partial charge in [-0.05, 0) is 43.0 Å². The summed E-state index contributed by atoms with van der Waals surface area (Å²) < 4.78 is 16.5. The van der Waals surface area contributed by atoms with Gasteiger partial charge >= 0.3 is 11.9 Å². The van der Waals surface area contributed by atoms with Gasteiger partial charge in [0.15, 0.2) is 17.1 Å². The summed E-state index contributed by atoms with van der Waals surface area (Å²) in [5.41, 5.74) is -1.68. The van der Waals surface area contributed by atoms with E-state index in [1.165, 1.54) is 12.1 Å². The first-order valence-electron chi connectivity index (χ1n) is 11.3. The zero-order chi connectivity index (χ0) is 24.6. The van der Waals surface area contributed by atoms with Gasteiger partial charge in [-0.25, -0.2) is 9.59 Å². The highest BCUT2D eigenvalue weighted by Crippen LogP contribution is 2.34. The van der Waals surface area contributed by atoms with E-state index in [9.17, 15) is 30.0 Å². The molecule has 0 saturated heterocycles. The van der Waals surface area contributed by atoms with Crippen molar-refractivity contribution in [3.63, 3.8) is 0 Å². The second-order valence-corrected chi connectivity index (χ2v) is 8.23. The summed E-state index contributed by atoms with van der Waals surface area (Å²) in [6.45, 7) is 6.20. The van der Waals surface area contributed by atoms with Gasteiger partial charge in [0.25, 0.3) is 0 Å². The van der Waals surface area contributed by atoms with Crippen LogP contribution in [0.5, 0.6) is 11.5 Å². The predicted molar refractivity (Wildman–Crippen MR) is 120 cm³/mol. The van der Waals surface area contributed by atoms with Crippen LogP contribution < -0.4 is 4.74 Å². The van der Waals surface area contributed by atoms with Crippen molar-refractivity contribution in [3.05, 3.63) is 29.8 Å². The van der Waals surface area contributed by atoms with Gasteiger partial charge in [-0.3, -0.25) is 0 Å². The molecular formula is C24H34O9. The number of carbonyl (C=O) groups excluding carboxylic acids is 1. The summed E-state index contributed by atoms with van der Waals surface area (Å²) in [5.74, 6) is -2.04. The molecule has 1 aromatic carbocycles. The van der Waals surface area contributed by atoms with Gasteiger partial charge in [-0.1, -0.05) is 26.8 Å². The van der Waals surface area contributed by atoms with Crippen molar-refractivity contribution in [2.75, 3.05) is 6.61 Å². The molecule has 0 heterocycles. The Balaban J connectivity index is 2.10. The fraction of sp³-hybridized carbons (Fsp3) is 0.583. The zero-order valence-corrected chi connectivity index (χ0v) is 19.3. The number of benzene rings is 1. The molecule has 4 atom stereocenters. The highest BCUT2D eigenvalue weighted by atomic mass is 16.6. The van der Waals surface area contributed by atoms with Crippen LogP contribution in [0.2, 0.25) is 0 Å². The molecule has 0 radical (unpaired) electrons. The minimum absolute atomic E-state index is 0.0745. The van der Waals surface area contributed by atoms with Gasteiger partial charge in [0, 0.05) is 18.9 Å². The Morgan fingerprint density at radius 2 is 1.85 bits per heavy atom. The van der Waals surface area contributed by atoms with E-state index in [-0.39, 0.29) is 18.3 Å². The minimum Gasteiger partial charge on any atom is -0.504 e. The number of carboxylic acids is 1. The van der Waals surface area contributed by atoms with E-state index in [1.807, 2.05) is 20.8 Å². The van der Waals surface area contributed by atoms with Crippen molar-refractivity contribution in [1.29, 1.82) is 0 Å². The van der Waals surface area contributed by atoms with Crippen molar-refractivity contribution < 1.29 is 44.2 Å². The molecule has 1 fully saturated rings. The number of carboxylic acid groups (broad SMARTS) is 1. The van der Waals surface area contributed by atoms with Crippen LogP contribution in [-0.4, -0.2) is 69.0 Å². The number of aliphatic hydroxyl groups excluding tert-OH is 1. The van der Waals surface area contributed by atoms with Crippen molar-refractivity contribution in [3.8, 4) is 11.5 Å². The maximum Gasteiger partial charge on any atom is 0.335 e. The lowest BCUT2D eigenvalue weighted by Gasteiger charge is -2.42. The van der Waals surface area contributed by atoms with Gasteiger partial charge in [0.2, 0.25) is 0 Å². The number of phenolic OH excluding ortho intramolecular Hbond substituents is 1. The van der Waals surface area contributed by atoms with Crippen molar-refractivity contribution in [2.24, 2.45) is 0 Å². The topological polar surface area (TPSA) is 143 Å². The van der Waals surface area contributed by atoms with Gasteiger partial charge in [0.1, 0.15) is 12.2 Å². The number of phenols is 1.